The summed E-state index contributed by atoms with van der Waals surface area (Å²) >= 11 is 0. The zero-order valence-electron chi connectivity index (χ0n) is 42.7. The summed E-state index contributed by atoms with van der Waals surface area (Å²) < 4.78 is 19.0. The maximum atomic E-state index is 6.61. The van der Waals surface area contributed by atoms with Gasteiger partial charge < -0.3 is 19.1 Å². The van der Waals surface area contributed by atoms with Crippen molar-refractivity contribution in [1.82, 2.24) is 4.90 Å². The molecule has 0 saturated heterocycles. The van der Waals surface area contributed by atoms with E-state index in [1.165, 1.54) is 173 Å². The number of rotatable bonds is 35. The first-order valence-electron chi connectivity index (χ1n) is 27.5. The van der Waals surface area contributed by atoms with E-state index in [1.807, 2.05) is 0 Å². The normalized spacial score (nSPS) is 28.5. The molecule has 0 amide bonds. The molecular formula is C58H105NO3. The average Bonchev–Trinajstić information content (AvgIpc) is 3.60. The molecule has 0 aromatic carbocycles. The van der Waals surface area contributed by atoms with Gasteiger partial charge in [-0.05, 0) is 163 Å². The van der Waals surface area contributed by atoms with Gasteiger partial charge in [-0.3, -0.25) is 0 Å². The highest BCUT2D eigenvalue weighted by Gasteiger charge is 2.59. The number of fused-ring (bicyclic) bond motifs is 5. The molecule has 4 aliphatic carbocycles. The summed E-state index contributed by atoms with van der Waals surface area (Å²) in [6.07, 6.45) is 51.1. The van der Waals surface area contributed by atoms with Crippen molar-refractivity contribution in [3.8, 4) is 0 Å². The molecule has 4 nitrogen and oxygen atoms in total. The molecule has 3 saturated carbocycles. The van der Waals surface area contributed by atoms with E-state index in [-0.39, 0.29) is 6.10 Å². The van der Waals surface area contributed by atoms with Crippen molar-refractivity contribution >= 4 is 0 Å². The van der Waals surface area contributed by atoms with Crippen LogP contribution in [0.2, 0.25) is 0 Å². The van der Waals surface area contributed by atoms with E-state index in [2.05, 4.69) is 90.9 Å². The summed E-state index contributed by atoms with van der Waals surface area (Å²) in [7, 11) is 4.28. The minimum absolute atomic E-state index is 0.173. The number of hydrogen-bond donors (Lipinski definition) is 0. The number of hydrogen-bond acceptors (Lipinski definition) is 4. The van der Waals surface area contributed by atoms with Crippen LogP contribution in [0, 0.1) is 46.3 Å². The molecule has 0 unspecified atom stereocenters. The van der Waals surface area contributed by atoms with Crippen LogP contribution in [-0.4, -0.2) is 64.2 Å². The molecule has 0 aliphatic heterocycles. The van der Waals surface area contributed by atoms with Crippen molar-refractivity contribution in [2.24, 2.45) is 46.3 Å². The Morgan fingerprint density at radius 2 is 1.35 bits per heavy atom. The third-order valence-electron chi connectivity index (χ3n) is 16.9. The van der Waals surface area contributed by atoms with Crippen LogP contribution in [0.1, 0.15) is 228 Å². The van der Waals surface area contributed by atoms with Crippen LogP contribution < -0.4 is 0 Å². The quantitative estimate of drug-likeness (QED) is 0.0469. The fourth-order valence-corrected chi connectivity index (χ4v) is 13.2. The molecule has 3 fully saturated rings. The third kappa shape index (κ3) is 18.4. The number of nitrogens with zero attached hydrogens (tertiary/aromatic N) is 1. The lowest BCUT2D eigenvalue weighted by atomic mass is 9.47. The van der Waals surface area contributed by atoms with E-state index in [0.717, 1.165) is 81.3 Å². The SMILES string of the molecule is CCCCCC=CCC=CCCCCCCCCOC[C@H](CN(C)C)OCCCCCCCCO[C@H]1CC[C@@]2(C)C(=CC[C@H]3[C@@H]4CC[C@H]([C@H](C)CCCC(C)C)[C@@]4(C)CC[C@@H]32)C1. The molecule has 62 heavy (non-hydrogen) atoms. The van der Waals surface area contributed by atoms with Gasteiger partial charge in [0, 0.05) is 26.4 Å². The van der Waals surface area contributed by atoms with Gasteiger partial charge in [0.25, 0.3) is 0 Å². The summed E-state index contributed by atoms with van der Waals surface area (Å²) in [5, 5.41) is 0. The van der Waals surface area contributed by atoms with E-state index < -0.39 is 0 Å². The monoisotopic (exact) mass is 864 g/mol. The summed E-state index contributed by atoms with van der Waals surface area (Å²) in [5.74, 6) is 5.49. The highest BCUT2D eigenvalue weighted by Crippen LogP contribution is 2.67. The van der Waals surface area contributed by atoms with Crippen LogP contribution in [0.5, 0.6) is 0 Å². The molecular weight excluding hydrogens is 759 g/mol. The number of allylic oxidation sites excluding steroid dienone is 5. The lowest BCUT2D eigenvalue weighted by molar-refractivity contribution is -0.0641. The highest BCUT2D eigenvalue weighted by molar-refractivity contribution is 5.25. The van der Waals surface area contributed by atoms with Crippen LogP contribution in [0.15, 0.2) is 36.0 Å². The van der Waals surface area contributed by atoms with Crippen molar-refractivity contribution in [1.29, 1.82) is 0 Å². The van der Waals surface area contributed by atoms with Gasteiger partial charge in [0.1, 0.15) is 0 Å². The third-order valence-corrected chi connectivity index (χ3v) is 16.9. The first kappa shape index (κ1) is 53.7. The maximum Gasteiger partial charge on any atom is 0.0934 e. The second kappa shape index (κ2) is 30.4. The average molecular weight is 864 g/mol. The Hall–Kier alpha value is -0.940. The van der Waals surface area contributed by atoms with Gasteiger partial charge in [-0.25, -0.2) is 0 Å². The molecule has 0 spiro atoms. The summed E-state index contributed by atoms with van der Waals surface area (Å²) in [6, 6.07) is 0. The maximum absolute atomic E-state index is 6.61. The van der Waals surface area contributed by atoms with Crippen LogP contribution in [0.3, 0.4) is 0 Å². The van der Waals surface area contributed by atoms with E-state index in [1.54, 1.807) is 5.57 Å². The van der Waals surface area contributed by atoms with Crippen molar-refractivity contribution < 1.29 is 14.2 Å². The second-order valence-corrected chi connectivity index (χ2v) is 22.6. The van der Waals surface area contributed by atoms with Gasteiger partial charge in [-0.2, -0.15) is 0 Å². The fraction of sp³-hybridized carbons (Fsp3) is 0.897. The molecule has 0 aromatic rings. The van der Waals surface area contributed by atoms with Gasteiger partial charge >= 0.3 is 0 Å². The molecule has 0 N–H and O–H groups in total. The summed E-state index contributed by atoms with van der Waals surface area (Å²) in [4.78, 5) is 2.23. The van der Waals surface area contributed by atoms with E-state index >= 15 is 0 Å². The summed E-state index contributed by atoms with van der Waals surface area (Å²) in [6.45, 7) is 19.4. The molecule has 4 rings (SSSR count). The fourth-order valence-electron chi connectivity index (χ4n) is 13.2. The minimum atomic E-state index is 0.173. The van der Waals surface area contributed by atoms with E-state index in [0.29, 0.717) is 16.9 Å². The number of unbranched alkanes of at least 4 members (excludes halogenated alkanes) is 14. The van der Waals surface area contributed by atoms with E-state index in [4.69, 9.17) is 14.2 Å². The smallest absolute Gasteiger partial charge is 0.0934 e. The van der Waals surface area contributed by atoms with Crippen molar-refractivity contribution in [2.75, 3.05) is 47.1 Å². The van der Waals surface area contributed by atoms with Gasteiger partial charge in [0.2, 0.25) is 0 Å². The van der Waals surface area contributed by atoms with Crippen molar-refractivity contribution in [2.45, 2.75) is 240 Å². The predicted molar refractivity (Wildman–Crippen MR) is 269 cm³/mol. The van der Waals surface area contributed by atoms with Crippen LogP contribution in [0.25, 0.3) is 0 Å². The standard InChI is InChI=1S/C58H105NO3/c1-9-10-11-12-13-14-15-16-17-18-19-20-21-22-25-28-42-60-47-52(46-59(7)8)62-44-30-27-24-23-26-29-43-61-51-38-40-57(5)50(45-51)34-35-53-55-37-36-54(49(4)33-31-32-48(2)3)58(55,6)41-39-56(53)57/h13-14,16-17,34,48-49,51-56H,9-12,15,18-33,35-47H2,1-8H3/t49-,51+,52+,53+,54-,55+,56+,57+,58-/m1/s1. The van der Waals surface area contributed by atoms with Gasteiger partial charge in [-0.15, -0.1) is 0 Å². The molecule has 0 heterocycles. The number of likely N-dealkylation sites (N-methyl/N-ethyl adjacent to an activating group) is 1. The molecule has 0 bridgehead atoms. The number of ether oxygens (including phenoxy) is 3. The van der Waals surface area contributed by atoms with Gasteiger partial charge in [-0.1, -0.05) is 161 Å². The summed E-state index contributed by atoms with van der Waals surface area (Å²) in [5.41, 5.74) is 2.79. The second-order valence-electron chi connectivity index (χ2n) is 22.6. The Morgan fingerprint density at radius 3 is 2.05 bits per heavy atom. The minimum Gasteiger partial charge on any atom is -0.379 e. The molecule has 4 heteroatoms. The Bertz CT molecular complexity index is 1240. The Kier molecular flexibility index (Phi) is 26.3. The Labute approximate surface area is 387 Å². The predicted octanol–water partition coefficient (Wildman–Crippen LogP) is 16.5. The zero-order valence-corrected chi connectivity index (χ0v) is 42.7. The largest absolute Gasteiger partial charge is 0.379 e. The van der Waals surface area contributed by atoms with Crippen molar-refractivity contribution in [3.63, 3.8) is 0 Å². The van der Waals surface area contributed by atoms with E-state index in [9.17, 15) is 0 Å². The van der Waals surface area contributed by atoms with Crippen LogP contribution >= 0.6 is 0 Å². The Morgan fingerprint density at radius 1 is 0.694 bits per heavy atom. The lowest BCUT2D eigenvalue weighted by Crippen LogP contribution is -2.51. The van der Waals surface area contributed by atoms with Gasteiger partial charge in [0.15, 0.2) is 0 Å². The zero-order chi connectivity index (χ0) is 44.5. The Balaban J connectivity index is 0.980. The van der Waals surface area contributed by atoms with Crippen molar-refractivity contribution in [3.05, 3.63) is 36.0 Å². The van der Waals surface area contributed by atoms with Crippen LogP contribution in [0.4, 0.5) is 0 Å². The van der Waals surface area contributed by atoms with Gasteiger partial charge in [0.05, 0.1) is 18.8 Å². The lowest BCUT2D eigenvalue weighted by Gasteiger charge is -2.58. The first-order valence-corrected chi connectivity index (χ1v) is 27.5. The molecule has 9 atom stereocenters. The first-order chi connectivity index (χ1) is 30.1. The molecule has 0 radical (unpaired) electrons. The highest BCUT2D eigenvalue weighted by atomic mass is 16.5. The van der Waals surface area contributed by atoms with Crippen LogP contribution in [-0.2, 0) is 14.2 Å². The molecule has 360 valence electrons. The molecule has 0 aromatic heterocycles. The molecule has 4 aliphatic rings. The topological polar surface area (TPSA) is 30.9 Å².